The maximum atomic E-state index is 11.0. The fourth-order valence-electron chi connectivity index (χ4n) is 3.51. The molecular formula is C21H16BrN5O4. The monoisotopic (exact) mass is 481 g/mol. The van der Waals surface area contributed by atoms with E-state index in [0.29, 0.717) is 28.3 Å². The van der Waals surface area contributed by atoms with Gasteiger partial charge in [0.15, 0.2) is 0 Å². The Balaban J connectivity index is 1.76. The van der Waals surface area contributed by atoms with E-state index in [-0.39, 0.29) is 23.8 Å². The highest BCUT2D eigenvalue weighted by Gasteiger charge is 2.36. The third-order valence-electron chi connectivity index (χ3n) is 4.93. The van der Waals surface area contributed by atoms with Gasteiger partial charge in [0.25, 0.3) is 5.69 Å². The number of ether oxygens (including phenoxy) is 2. The average Bonchev–Trinajstić information content (AvgIpc) is 3.12. The largest absolute Gasteiger partial charge is 0.489 e. The number of nitrogens with one attached hydrogen (secondary N) is 1. The van der Waals surface area contributed by atoms with E-state index in [9.17, 15) is 15.4 Å². The Morgan fingerprint density at radius 2 is 2.19 bits per heavy atom. The fraction of sp³-hybridized carbons (Fsp3) is 0.143. The number of aromatic nitrogens is 2. The maximum absolute atomic E-state index is 11.0. The van der Waals surface area contributed by atoms with Crippen molar-refractivity contribution in [2.75, 3.05) is 0 Å². The second kappa shape index (κ2) is 8.12. The van der Waals surface area contributed by atoms with Gasteiger partial charge in [-0.05, 0) is 30.7 Å². The number of non-ortho nitro benzene ring substituents is 1. The van der Waals surface area contributed by atoms with Gasteiger partial charge in [0.2, 0.25) is 11.8 Å². The zero-order valence-electron chi connectivity index (χ0n) is 16.3. The predicted octanol–water partition coefficient (Wildman–Crippen LogP) is 4.19. The van der Waals surface area contributed by atoms with Crippen LogP contribution in [0.1, 0.15) is 28.3 Å². The second-order valence-corrected chi connectivity index (χ2v) is 7.81. The number of fused-ring (bicyclic) bond motifs is 1. The molecular weight excluding hydrogens is 466 g/mol. The molecule has 156 valence electrons. The SMILES string of the molecule is Cc1[nH]nc2c1[C@H](c1cc(Br)ccc1OCc1cccc([N+](=O)[O-])c1)C(C#N)=C(N)O2. The van der Waals surface area contributed by atoms with E-state index in [1.807, 2.05) is 19.1 Å². The number of rotatable bonds is 5. The molecule has 1 aliphatic heterocycles. The molecule has 2 aromatic carbocycles. The molecule has 10 heteroatoms. The number of hydrogen-bond acceptors (Lipinski definition) is 7. The van der Waals surface area contributed by atoms with Gasteiger partial charge >= 0.3 is 0 Å². The molecule has 0 fully saturated rings. The highest BCUT2D eigenvalue weighted by molar-refractivity contribution is 9.10. The average molecular weight is 482 g/mol. The Morgan fingerprint density at radius 1 is 1.39 bits per heavy atom. The van der Waals surface area contributed by atoms with E-state index in [2.05, 4.69) is 32.2 Å². The molecule has 3 N–H and O–H groups in total. The summed E-state index contributed by atoms with van der Waals surface area (Å²) in [7, 11) is 0. The van der Waals surface area contributed by atoms with Gasteiger partial charge in [0.05, 0.1) is 10.8 Å². The third kappa shape index (κ3) is 3.83. The maximum Gasteiger partial charge on any atom is 0.269 e. The van der Waals surface area contributed by atoms with Crippen LogP contribution in [0.15, 0.2) is 58.4 Å². The van der Waals surface area contributed by atoms with Gasteiger partial charge in [-0.2, -0.15) is 5.26 Å². The molecule has 0 spiro atoms. The number of H-pyrrole nitrogens is 1. The first-order valence-corrected chi connectivity index (χ1v) is 9.96. The summed E-state index contributed by atoms with van der Waals surface area (Å²) in [6, 6.07) is 13.8. The Hall–Kier alpha value is -3.84. The van der Waals surface area contributed by atoms with Crippen molar-refractivity contribution in [3.8, 4) is 17.7 Å². The van der Waals surface area contributed by atoms with Crippen LogP contribution in [0.2, 0.25) is 0 Å². The summed E-state index contributed by atoms with van der Waals surface area (Å²) in [5.74, 6) is 0.249. The first kappa shape index (κ1) is 20.4. The van der Waals surface area contributed by atoms with Gasteiger partial charge in [-0.15, -0.1) is 5.10 Å². The lowest BCUT2D eigenvalue weighted by Gasteiger charge is -2.25. The summed E-state index contributed by atoms with van der Waals surface area (Å²) in [5, 5.41) is 27.8. The molecule has 3 aromatic rings. The second-order valence-electron chi connectivity index (χ2n) is 6.89. The molecule has 0 unspecified atom stereocenters. The molecule has 4 rings (SSSR count). The highest BCUT2D eigenvalue weighted by Crippen LogP contribution is 2.46. The van der Waals surface area contributed by atoms with Gasteiger partial charge in [-0.3, -0.25) is 15.2 Å². The molecule has 0 amide bonds. The molecule has 0 saturated heterocycles. The normalized spacial score (nSPS) is 15.1. The van der Waals surface area contributed by atoms with Crippen molar-refractivity contribution in [3.63, 3.8) is 0 Å². The lowest BCUT2D eigenvalue weighted by atomic mass is 9.83. The summed E-state index contributed by atoms with van der Waals surface area (Å²) >= 11 is 3.48. The molecule has 31 heavy (non-hydrogen) atoms. The van der Waals surface area contributed by atoms with E-state index in [1.165, 1.54) is 12.1 Å². The van der Waals surface area contributed by atoms with Crippen LogP contribution in [0.4, 0.5) is 5.69 Å². The van der Waals surface area contributed by atoms with Crippen LogP contribution in [0.25, 0.3) is 0 Å². The number of nitriles is 1. The molecule has 0 aliphatic carbocycles. The van der Waals surface area contributed by atoms with Crippen molar-refractivity contribution in [1.82, 2.24) is 10.2 Å². The van der Waals surface area contributed by atoms with E-state index >= 15 is 0 Å². The van der Waals surface area contributed by atoms with Gasteiger partial charge in [0.1, 0.15) is 24.0 Å². The number of nitro benzene ring substituents is 1. The third-order valence-corrected chi connectivity index (χ3v) is 5.42. The lowest BCUT2D eigenvalue weighted by molar-refractivity contribution is -0.384. The van der Waals surface area contributed by atoms with E-state index in [0.717, 1.165) is 10.2 Å². The van der Waals surface area contributed by atoms with Gasteiger partial charge in [0, 0.05) is 33.4 Å². The van der Waals surface area contributed by atoms with Crippen LogP contribution < -0.4 is 15.2 Å². The van der Waals surface area contributed by atoms with E-state index in [1.54, 1.807) is 18.2 Å². The number of aromatic amines is 1. The van der Waals surface area contributed by atoms with Crippen LogP contribution in [-0.2, 0) is 6.61 Å². The molecule has 1 aliphatic rings. The summed E-state index contributed by atoms with van der Waals surface area (Å²) < 4.78 is 12.3. The number of nitrogens with two attached hydrogens (primary N) is 1. The minimum Gasteiger partial charge on any atom is -0.489 e. The number of nitro groups is 1. The molecule has 2 heterocycles. The highest BCUT2D eigenvalue weighted by atomic mass is 79.9. The summed E-state index contributed by atoms with van der Waals surface area (Å²) in [6.07, 6.45) is 0. The Kier molecular flexibility index (Phi) is 5.35. The van der Waals surface area contributed by atoms with E-state index < -0.39 is 10.8 Å². The predicted molar refractivity (Wildman–Crippen MR) is 114 cm³/mol. The first-order chi connectivity index (χ1) is 14.9. The van der Waals surface area contributed by atoms with Crippen molar-refractivity contribution in [3.05, 3.63) is 90.9 Å². The zero-order chi connectivity index (χ0) is 22.1. The minimum atomic E-state index is -0.551. The number of hydrogen-bond donors (Lipinski definition) is 2. The summed E-state index contributed by atoms with van der Waals surface area (Å²) in [4.78, 5) is 10.6. The van der Waals surface area contributed by atoms with Crippen LogP contribution in [0.5, 0.6) is 11.6 Å². The summed E-state index contributed by atoms with van der Waals surface area (Å²) in [5.41, 5.74) is 9.01. The molecule has 1 aromatic heterocycles. The van der Waals surface area contributed by atoms with Gasteiger partial charge in [-0.25, -0.2) is 0 Å². The topological polar surface area (TPSA) is 140 Å². The lowest BCUT2D eigenvalue weighted by Crippen LogP contribution is -2.21. The number of aryl methyl sites for hydroxylation is 1. The molecule has 0 bridgehead atoms. The Labute approximate surface area is 185 Å². The first-order valence-electron chi connectivity index (χ1n) is 9.17. The van der Waals surface area contributed by atoms with Crippen molar-refractivity contribution in [2.24, 2.45) is 5.73 Å². The smallest absolute Gasteiger partial charge is 0.269 e. The molecule has 0 radical (unpaired) electrons. The summed E-state index contributed by atoms with van der Waals surface area (Å²) in [6.45, 7) is 1.94. The van der Waals surface area contributed by atoms with Crippen LogP contribution in [0.3, 0.4) is 0 Å². The standard InChI is InChI=1S/C21H16BrN5O4/c1-11-18-19(16(9-23)20(24)31-21(18)26-25-11)15-8-13(22)5-6-17(15)30-10-12-3-2-4-14(7-12)27(28)29/h2-8,19H,10,24H2,1H3,(H,25,26)/t19-/m1/s1. The number of halogens is 1. The number of benzene rings is 2. The van der Waals surface area contributed by atoms with Crippen LogP contribution >= 0.6 is 15.9 Å². The van der Waals surface area contributed by atoms with Crippen LogP contribution in [0, 0.1) is 28.4 Å². The quantitative estimate of drug-likeness (QED) is 0.411. The molecule has 1 atom stereocenters. The Morgan fingerprint density at radius 3 is 2.94 bits per heavy atom. The fourth-order valence-corrected chi connectivity index (χ4v) is 3.89. The van der Waals surface area contributed by atoms with Gasteiger partial charge < -0.3 is 15.2 Å². The Bertz CT molecular complexity index is 1260. The van der Waals surface area contributed by atoms with Crippen molar-refractivity contribution in [1.29, 1.82) is 5.26 Å². The van der Waals surface area contributed by atoms with Crippen molar-refractivity contribution < 1.29 is 14.4 Å². The zero-order valence-corrected chi connectivity index (χ0v) is 17.8. The molecule has 0 saturated carbocycles. The number of allylic oxidation sites excluding steroid dienone is 1. The minimum absolute atomic E-state index is 0.0114. The molecule has 9 nitrogen and oxygen atoms in total. The number of nitrogens with zero attached hydrogens (tertiary/aromatic N) is 3. The van der Waals surface area contributed by atoms with E-state index in [4.69, 9.17) is 15.2 Å². The van der Waals surface area contributed by atoms with Crippen molar-refractivity contribution >= 4 is 21.6 Å². The van der Waals surface area contributed by atoms with Crippen LogP contribution in [-0.4, -0.2) is 15.1 Å². The van der Waals surface area contributed by atoms with Gasteiger partial charge in [-0.1, -0.05) is 28.1 Å². The van der Waals surface area contributed by atoms with Crippen molar-refractivity contribution in [2.45, 2.75) is 19.4 Å².